The molecule has 0 saturated heterocycles. The van der Waals surface area contributed by atoms with Crippen LogP contribution in [0.25, 0.3) is 0 Å². The maximum Gasteiger partial charge on any atom is 0.0744 e. The molecule has 0 spiro atoms. The van der Waals surface area contributed by atoms with E-state index >= 15 is 0 Å². The first kappa shape index (κ1) is 15.5. The van der Waals surface area contributed by atoms with Gasteiger partial charge in [-0.05, 0) is 29.5 Å². The second kappa shape index (κ2) is 7.25. The molecule has 108 valence electrons. The van der Waals surface area contributed by atoms with Crippen LogP contribution in [0.1, 0.15) is 30.3 Å². The zero-order valence-electron chi connectivity index (χ0n) is 12.0. The fourth-order valence-electron chi connectivity index (χ4n) is 2.19. The topological polar surface area (TPSA) is 21.3 Å². The van der Waals surface area contributed by atoms with Crippen LogP contribution in [0.4, 0.5) is 5.69 Å². The van der Waals surface area contributed by atoms with Crippen molar-refractivity contribution in [3.63, 3.8) is 0 Å². The summed E-state index contributed by atoms with van der Waals surface area (Å²) in [6.45, 7) is 5.08. The molecule has 0 aliphatic heterocycles. The molecule has 0 fully saturated rings. The number of halogens is 1. The van der Waals surface area contributed by atoms with Crippen molar-refractivity contribution in [3.8, 4) is 0 Å². The number of hydrogen-bond donors (Lipinski definition) is 1. The van der Waals surface area contributed by atoms with Crippen LogP contribution in [-0.4, -0.2) is 7.11 Å². The summed E-state index contributed by atoms with van der Waals surface area (Å²) in [7, 11) is 1.72. The number of ether oxygens (including phenoxy) is 1. The standard InChI is InChI=1S/C16H20BrNOS/c1-11(2)16(15-8-5-9-20-15)18-14-7-4-6-13(17)12(14)10-19-3/h4-9,11,16,18H,10H2,1-3H3. The smallest absolute Gasteiger partial charge is 0.0744 e. The maximum atomic E-state index is 5.31. The summed E-state index contributed by atoms with van der Waals surface area (Å²) in [4.78, 5) is 1.36. The first-order valence-electron chi connectivity index (χ1n) is 6.69. The van der Waals surface area contributed by atoms with Gasteiger partial charge in [-0.1, -0.05) is 41.9 Å². The van der Waals surface area contributed by atoms with E-state index in [1.807, 2.05) is 0 Å². The molecule has 0 amide bonds. The number of benzene rings is 1. The molecule has 1 N–H and O–H groups in total. The minimum Gasteiger partial charge on any atom is -0.380 e. The van der Waals surface area contributed by atoms with Gasteiger partial charge in [0, 0.05) is 27.7 Å². The highest BCUT2D eigenvalue weighted by Crippen LogP contribution is 2.33. The number of anilines is 1. The van der Waals surface area contributed by atoms with Crippen molar-refractivity contribution in [2.45, 2.75) is 26.5 Å². The second-order valence-corrected chi connectivity index (χ2v) is 6.91. The third-order valence-electron chi connectivity index (χ3n) is 3.23. The first-order valence-corrected chi connectivity index (χ1v) is 8.37. The lowest BCUT2D eigenvalue weighted by Crippen LogP contribution is -2.16. The van der Waals surface area contributed by atoms with Crippen molar-refractivity contribution in [1.29, 1.82) is 0 Å². The summed E-state index contributed by atoms with van der Waals surface area (Å²) in [6, 6.07) is 10.8. The second-order valence-electron chi connectivity index (χ2n) is 5.08. The van der Waals surface area contributed by atoms with Crippen LogP contribution >= 0.6 is 27.3 Å². The third-order valence-corrected chi connectivity index (χ3v) is 4.93. The molecule has 1 aromatic carbocycles. The van der Waals surface area contributed by atoms with Crippen LogP contribution in [0.2, 0.25) is 0 Å². The molecule has 4 heteroatoms. The summed E-state index contributed by atoms with van der Waals surface area (Å²) < 4.78 is 6.40. The predicted octanol–water partition coefficient (Wildman–Crippen LogP) is 5.47. The van der Waals surface area contributed by atoms with Crippen LogP contribution in [0.5, 0.6) is 0 Å². The van der Waals surface area contributed by atoms with E-state index in [2.05, 4.69) is 70.8 Å². The largest absolute Gasteiger partial charge is 0.380 e. The fraction of sp³-hybridized carbons (Fsp3) is 0.375. The normalized spacial score (nSPS) is 12.7. The Hall–Kier alpha value is -0.840. The lowest BCUT2D eigenvalue weighted by molar-refractivity contribution is 0.185. The van der Waals surface area contributed by atoms with Gasteiger partial charge in [0.2, 0.25) is 0 Å². The van der Waals surface area contributed by atoms with Crippen molar-refractivity contribution in [2.75, 3.05) is 12.4 Å². The summed E-state index contributed by atoms with van der Waals surface area (Å²) in [5.41, 5.74) is 2.30. The van der Waals surface area contributed by atoms with E-state index in [4.69, 9.17) is 4.74 Å². The number of thiophene rings is 1. The Balaban J connectivity index is 2.29. The molecule has 20 heavy (non-hydrogen) atoms. The van der Waals surface area contributed by atoms with E-state index in [1.54, 1.807) is 18.4 Å². The minimum absolute atomic E-state index is 0.319. The van der Waals surface area contributed by atoms with E-state index in [1.165, 1.54) is 4.88 Å². The lowest BCUT2D eigenvalue weighted by Gasteiger charge is -2.24. The van der Waals surface area contributed by atoms with E-state index in [9.17, 15) is 0 Å². The van der Waals surface area contributed by atoms with Crippen LogP contribution in [-0.2, 0) is 11.3 Å². The molecule has 0 aliphatic carbocycles. The third kappa shape index (κ3) is 3.62. The van der Waals surface area contributed by atoms with E-state index < -0.39 is 0 Å². The molecular formula is C16H20BrNOS. The summed E-state index contributed by atoms with van der Waals surface area (Å²) in [5, 5.41) is 5.80. The van der Waals surface area contributed by atoms with Gasteiger partial charge < -0.3 is 10.1 Å². The van der Waals surface area contributed by atoms with Gasteiger partial charge in [0.15, 0.2) is 0 Å². The van der Waals surface area contributed by atoms with Crippen LogP contribution in [0, 0.1) is 5.92 Å². The van der Waals surface area contributed by atoms with Crippen molar-refractivity contribution in [2.24, 2.45) is 5.92 Å². The Morgan fingerprint density at radius 3 is 2.65 bits per heavy atom. The molecule has 1 unspecified atom stereocenters. The maximum absolute atomic E-state index is 5.31. The Morgan fingerprint density at radius 2 is 2.05 bits per heavy atom. The number of rotatable bonds is 6. The Morgan fingerprint density at radius 1 is 1.25 bits per heavy atom. The predicted molar refractivity (Wildman–Crippen MR) is 90.4 cm³/mol. The van der Waals surface area contributed by atoms with Crippen LogP contribution < -0.4 is 5.32 Å². The molecule has 0 bridgehead atoms. The van der Waals surface area contributed by atoms with E-state index in [0.29, 0.717) is 18.6 Å². The molecular weight excluding hydrogens is 334 g/mol. The van der Waals surface area contributed by atoms with Gasteiger partial charge in [0.05, 0.1) is 12.6 Å². The van der Waals surface area contributed by atoms with Gasteiger partial charge in [-0.15, -0.1) is 11.3 Å². The molecule has 2 aromatic rings. The zero-order chi connectivity index (χ0) is 14.5. The molecule has 2 nitrogen and oxygen atoms in total. The highest BCUT2D eigenvalue weighted by Gasteiger charge is 2.18. The van der Waals surface area contributed by atoms with Crippen molar-refractivity contribution >= 4 is 33.0 Å². The number of nitrogens with one attached hydrogen (secondary N) is 1. The van der Waals surface area contributed by atoms with Crippen LogP contribution in [0.15, 0.2) is 40.2 Å². The summed E-state index contributed by atoms with van der Waals surface area (Å²) >= 11 is 5.40. The van der Waals surface area contributed by atoms with Gasteiger partial charge in [-0.2, -0.15) is 0 Å². The molecule has 1 aromatic heterocycles. The van der Waals surface area contributed by atoms with Gasteiger partial charge in [-0.3, -0.25) is 0 Å². The van der Waals surface area contributed by atoms with E-state index in [-0.39, 0.29) is 0 Å². The van der Waals surface area contributed by atoms with Gasteiger partial charge >= 0.3 is 0 Å². The van der Waals surface area contributed by atoms with Gasteiger partial charge in [-0.25, -0.2) is 0 Å². The Labute approximate surface area is 133 Å². The highest BCUT2D eigenvalue weighted by atomic mass is 79.9. The number of hydrogen-bond acceptors (Lipinski definition) is 3. The van der Waals surface area contributed by atoms with Crippen LogP contribution in [0.3, 0.4) is 0 Å². The Kier molecular flexibility index (Phi) is 5.64. The van der Waals surface area contributed by atoms with Gasteiger partial charge in [0.25, 0.3) is 0 Å². The fourth-order valence-corrected chi connectivity index (χ4v) is 3.62. The SMILES string of the molecule is COCc1c(Br)cccc1NC(c1cccs1)C(C)C. The van der Waals surface area contributed by atoms with Gasteiger partial charge in [0.1, 0.15) is 0 Å². The summed E-state index contributed by atoms with van der Waals surface area (Å²) in [6.07, 6.45) is 0. The quantitative estimate of drug-likeness (QED) is 0.743. The molecule has 0 radical (unpaired) electrons. The van der Waals surface area contributed by atoms with Crippen molar-refractivity contribution in [3.05, 3.63) is 50.6 Å². The Bertz CT molecular complexity index is 539. The van der Waals surface area contributed by atoms with E-state index in [0.717, 1.165) is 15.7 Å². The highest BCUT2D eigenvalue weighted by molar-refractivity contribution is 9.10. The molecule has 0 saturated carbocycles. The molecule has 1 heterocycles. The van der Waals surface area contributed by atoms with Crippen molar-refractivity contribution in [1.82, 2.24) is 0 Å². The summed E-state index contributed by atoms with van der Waals surface area (Å²) in [5.74, 6) is 0.517. The number of methoxy groups -OCH3 is 1. The minimum atomic E-state index is 0.319. The first-order chi connectivity index (χ1) is 9.63. The molecule has 1 atom stereocenters. The monoisotopic (exact) mass is 353 g/mol. The van der Waals surface area contributed by atoms with Crippen molar-refractivity contribution < 1.29 is 4.74 Å². The molecule has 0 aliphatic rings. The zero-order valence-corrected chi connectivity index (χ0v) is 14.4. The average molecular weight is 354 g/mol. The molecule has 2 rings (SSSR count). The lowest BCUT2D eigenvalue weighted by atomic mass is 10.0. The average Bonchev–Trinajstić information content (AvgIpc) is 2.92.